The molecule has 3 nitrogen and oxygen atoms in total. The van der Waals surface area contributed by atoms with Gasteiger partial charge in [0.25, 0.3) is 0 Å². The van der Waals surface area contributed by atoms with Crippen molar-refractivity contribution in [2.45, 2.75) is 19.6 Å². The second kappa shape index (κ2) is 8.10. The number of aromatic nitrogens is 1. The van der Waals surface area contributed by atoms with Gasteiger partial charge in [0.1, 0.15) is 17.1 Å². The van der Waals surface area contributed by atoms with E-state index in [1.165, 1.54) is 6.07 Å². The summed E-state index contributed by atoms with van der Waals surface area (Å²) in [7, 11) is 1.58. The fraction of sp³-hybridized carbons (Fsp3) is 0.190. The van der Waals surface area contributed by atoms with E-state index in [9.17, 15) is 13.2 Å². The van der Waals surface area contributed by atoms with Crippen LogP contribution < -0.4 is 10.1 Å². The fourth-order valence-corrected chi connectivity index (χ4v) is 3.14. The van der Waals surface area contributed by atoms with Crippen LogP contribution in [0.15, 0.2) is 54.6 Å². The van der Waals surface area contributed by atoms with E-state index in [1.807, 2.05) is 24.3 Å². The third-order valence-corrected chi connectivity index (χ3v) is 4.59. The Morgan fingerprint density at radius 1 is 1.07 bits per heavy atom. The Bertz CT molecular complexity index is 972. The van der Waals surface area contributed by atoms with E-state index < -0.39 is 16.8 Å². The maximum Gasteiger partial charge on any atom is 0.419 e. The summed E-state index contributed by atoms with van der Waals surface area (Å²) in [6, 6.07) is 15.3. The third kappa shape index (κ3) is 4.39. The van der Waals surface area contributed by atoms with Gasteiger partial charge in [-0.3, -0.25) is 0 Å². The zero-order valence-electron chi connectivity index (χ0n) is 15.3. The van der Waals surface area contributed by atoms with Gasteiger partial charge in [-0.05, 0) is 36.2 Å². The molecule has 2 aromatic carbocycles. The molecule has 3 aromatic rings. The summed E-state index contributed by atoms with van der Waals surface area (Å²) >= 11 is 6.03. The SMILES string of the molecule is COc1ccc(CNc2cc(Cl)c(C(F)(F)F)c(-c3ccccc3C)n2)cc1. The molecule has 0 atom stereocenters. The van der Waals surface area contributed by atoms with Gasteiger partial charge in [0, 0.05) is 12.1 Å². The quantitative estimate of drug-likeness (QED) is 0.536. The predicted octanol–water partition coefficient (Wildman–Crippen LogP) is 6.35. The van der Waals surface area contributed by atoms with Gasteiger partial charge in [0.2, 0.25) is 0 Å². The molecule has 0 aliphatic carbocycles. The minimum Gasteiger partial charge on any atom is -0.497 e. The molecule has 0 aliphatic heterocycles. The summed E-state index contributed by atoms with van der Waals surface area (Å²) in [5, 5.41) is 2.65. The average molecular weight is 407 g/mol. The van der Waals surface area contributed by atoms with Crippen molar-refractivity contribution >= 4 is 17.4 Å². The van der Waals surface area contributed by atoms with E-state index in [1.54, 1.807) is 38.3 Å². The van der Waals surface area contributed by atoms with Gasteiger partial charge in [-0.2, -0.15) is 13.2 Å². The average Bonchev–Trinajstić information content (AvgIpc) is 2.65. The molecule has 1 aromatic heterocycles. The summed E-state index contributed by atoms with van der Waals surface area (Å²) in [4.78, 5) is 4.24. The Kier molecular flexibility index (Phi) is 5.79. The van der Waals surface area contributed by atoms with Crippen molar-refractivity contribution in [1.29, 1.82) is 0 Å². The molecule has 0 spiro atoms. The second-order valence-corrected chi connectivity index (χ2v) is 6.63. The van der Waals surface area contributed by atoms with E-state index in [-0.39, 0.29) is 11.5 Å². The Morgan fingerprint density at radius 2 is 1.75 bits per heavy atom. The van der Waals surface area contributed by atoms with E-state index in [4.69, 9.17) is 16.3 Å². The van der Waals surface area contributed by atoms with Gasteiger partial charge in [0.15, 0.2) is 0 Å². The van der Waals surface area contributed by atoms with Gasteiger partial charge in [-0.1, -0.05) is 48.0 Å². The van der Waals surface area contributed by atoms with Gasteiger partial charge in [0.05, 0.1) is 17.8 Å². The van der Waals surface area contributed by atoms with Crippen LogP contribution >= 0.6 is 11.6 Å². The first-order valence-electron chi connectivity index (χ1n) is 8.50. The Hall–Kier alpha value is -2.73. The molecule has 0 unspecified atom stereocenters. The fourth-order valence-electron chi connectivity index (χ4n) is 2.84. The lowest BCUT2D eigenvalue weighted by atomic mass is 10.0. The molecule has 7 heteroatoms. The first-order chi connectivity index (χ1) is 13.3. The number of methoxy groups -OCH3 is 1. The molecule has 28 heavy (non-hydrogen) atoms. The molecule has 3 rings (SSSR count). The van der Waals surface area contributed by atoms with Crippen LogP contribution in [0.4, 0.5) is 19.0 Å². The van der Waals surface area contributed by atoms with Crippen LogP contribution in [-0.2, 0) is 12.7 Å². The number of rotatable bonds is 5. The summed E-state index contributed by atoms with van der Waals surface area (Å²) in [6.45, 7) is 2.12. The zero-order chi connectivity index (χ0) is 20.3. The number of aryl methyl sites for hydroxylation is 1. The van der Waals surface area contributed by atoms with Crippen LogP contribution in [0.1, 0.15) is 16.7 Å². The third-order valence-electron chi connectivity index (χ3n) is 4.29. The van der Waals surface area contributed by atoms with Crippen LogP contribution in [0, 0.1) is 6.92 Å². The number of pyridine rings is 1. The number of nitrogens with zero attached hydrogens (tertiary/aromatic N) is 1. The van der Waals surface area contributed by atoms with Crippen LogP contribution in [-0.4, -0.2) is 12.1 Å². The zero-order valence-corrected chi connectivity index (χ0v) is 16.0. The second-order valence-electron chi connectivity index (χ2n) is 6.23. The number of hydrogen-bond donors (Lipinski definition) is 1. The first-order valence-corrected chi connectivity index (χ1v) is 8.88. The summed E-state index contributed by atoms with van der Waals surface area (Å²) in [5.74, 6) is 0.994. The highest BCUT2D eigenvalue weighted by atomic mass is 35.5. The molecule has 0 radical (unpaired) electrons. The molecule has 0 saturated carbocycles. The minimum atomic E-state index is -4.61. The van der Waals surface area contributed by atoms with Crippen molar-refractivity contribution < 1.29 is 17.9 Å². The van der Waals surface area contributed by atoms with Gasteiger partial charge in [-0.15, -0.1) is 0 Å². The molecule has 0 amide bonds. The van der Waals surface area contributed by atoms with Crippen LogP contribution in [0.25, 0.3) is 11.3 Å². The highest BCUT2D eigenvalue weighted by Crippen LogP contribution is 2.42. The first kappa shape index (κ1) is 20.0. The summed E-state index contributed by atoms with van der Waals surface area (Å²) < 4.78 is 46.0. The Morgan fingerprint density at radius 3 is 2.36 bits per heavy atom. The Balaban J connectivity index is 1.98. The molecule has 0 bridgehead atoms. The maximum absolute atomic E-state index is 13.6. The number of alkyl halides is 3. The number of anilines is 1. The lowest BCUT2D eigenvalue weighted by Gasteiger charge is -2.17. The van der Waals surface area contributed by atoms with Crippen molar-refractivity contribution in [2.75, 3.05) is 12.4 Å². The van der Waals surface area contributed by atoms with Gasteiger partial charge >= 0.3 is 6.18 Å². The minimum absolute atomic E-state index is 0.185. The number of benzene rings is 2. The smallest absolute Gasteiger partial charge is 0.419 e. The van der Waals surface area contributed by atoms with Crippen molar-refractivity contribution in [3.05, 3.63) is 76.3 Å². The largest absolute Gasteiger partial charge is 0.497 e. The molecule has 0 aliphatic rings. The standard InChI is InChI=1S/C21H18ClF3N2O/c1-13-5-3-4-6-16(13)20-19(21(23,24)25)17(22)11-18(27-20)26-12-14-7-9-15(28-2)10-8-14/h3-11H,12H2,1-2H3,(H,26,27). The molecule has 0 fully saturated rings. The molecule has 1 N–H and O–H groups in total. The molecule has 1 heterocycles. The topological polar surface area (TPSA) is 34.1 Å². The van der Waals surface area contributed by atoms with Crippen LogP contribution in [0.5, 0.6) is 5.75 Å². The maximum atomic E-state index is 13.6. The monoisotopic (exact) mass is 406 g/mol. The van der Waals surface area contributed by atoms with Crippen LogP contribution in [0.3, 0.4) is 0 Å². The lowest BCUT2D eigenvalue weighted by molar-refractivity contribution is -0.137. The van der Waals surface area contributed by atoms with Crippen molar-refractivity contribution in [2.24, 2.45) is 0 Å². The molecule has 0 saturated heterocycles. The molecular formula is C21H18ClF3N2O. The molecule has 146 valence electrons. The van der Waals surface area contributed by atoms with E-state index >= 15 is 0 Å². The Labute approximate surface area is 166 Å². The predicted molar refractivity (Wildman–Crippen MR) is 105 cm³/mol. The molecular weight excluding hydrogens is 389 g/mol. The highest BCUT2D eigenvalue weighted by Gasteiger charge is 2.38. The number of hydrogen-bond acceptors (Lipinski definition) is 3. The van der Waals surface area contributed by atoms with Crippen LogP contribution in [0.2, 0.25) is 5.02 Å². The lowest BCUT2D eigenvalue weighted by Crippen LogP contribution is -2.12. The normalized spacial score (nSPS) is 11.4. The van der Waals surface area contributed by atoms with E-state index in [0.29, 0.717) is 17.7 Å². The van der Waals surface area contributed by atoms with Gasteiger partial charge < -0.3 is 10.1 Å². The summed E-state index contributed by atoms with van der Waals surface area (Å²) in [6.07, 6.45) is -4.61. The summed E-state index contributed by atoms with van der Waals surface area (Å²) in [5.41, 5.74) is 0.888. The van der Waals surface area contributed by atoms with Crippen molar-refractivity contribution in [3.8, 4) is 17.0 Å². The number of halogens is 4. The highest BCUT2D eigenvalue weighted by molar-refractivity contribution is 6.32. The van der Waals surface area contributed by atoms with Crippen molar-refractivity contribution in [1.82, 2.24) is 4.98 Å². The van der Waals surface area contributed by atoms with Gasteiger partial charge in [-0.25, -0.2) is 4.98 Å². The number of ether oxygens (including phenoxy) is 1. The van der Waals surface area contributed by atoms with E-state index in [0.717, 1.165) is 11.3 Å². The number of nitrogens with one attached hydrogen (secondary N) is 1. The van der Waals surface area contributed by atoms with Crippen molar-refractivity contribution in [3.63, 3.8) is 0 Å². The van der Waals surface area contributed by atoms with E-state index in [2.05, 4.69) is 10.3 Å².